The molecule has 6 aromatic carbocycles. The molecule has 16 heteroatoms. The van der Waals surface area contributed by atoms with E-state index in [9.17, 15) is 36.2 Å². The van der Waals surface area contributed by atoms with Gasteiger partial charge in [0.2, 0.25) is 0 Å². The van der Waals surface area contributed by atoms with Crippen molar-refractivity contribution in [1.82, 2.24) is 0 Å². The van der Waals surface area contributed by atoms with E-state index < -0.39 is 64.5 Å². The molecule has 6 rings (SSSR count). The van der Waals surface area contributed by atoms with Crippen LogP contribution >= 0.6 is 0 Å². The van der Waals surface area contributed by atoms with Gasteiger partial charge in [0.25, 0.3) is 20.2 Å². The first kappa shape index (κ1) is 32.3. The summed E-state index contributed by atoms with van der Waals surface area (Å²) in [7, 11) is -9.72. The van der Waals surface area contributed by atoms with Gasteiger partial charge < -0.3 is 10.2 Å². The van der Waals surface area contributed by atoms with Gasteiger partial charge in [-0.05, 0) is 58.3 Å². The molecular formula is C32H20F2N4O8S2. The molecule has 0 aliphatic heterocycles. The van der Waals surface area contributed by atoms with E-state index in [4.69, 9.17) is 0 Å². The molecular weight excluding hydrogens is 671 g/mol. The van der Waals surface area contributed by atoms with Gasteiger partial charge in [-0.25, -0.2) is 8.78 Å². The lowest BCUT2D eigenvalue weighted by Gasteiger charge is -2.09. The van der Waals surface area contributed by atoms with Gasteiger partial charge in [0.05, 0.1) is 0 Å². The van der Waals surface area contributed by atoms with Gasteiger partial charge in [0.1, 0.15) is 32.5 Å². The van der Waals surface area contributed by atoms with E-state index in [0.29, 0.717) is 10.8 Å². The van der Waals surface area contributed by atoms with E-state index in [-0.39, 0.29) is 33.3 Å². The first-order chi connectivity index (χ1) is 22.7. The highest BCUT2D eigenvalue weighted by atomic mass is 32.2. The predicted molar refractivity (Wildman–Crippen MR) is 171 cm³/mol. The number of benzene rings is 6. The van der Waals surface area contributed by atoms with Crippen LogP contribution in [0.15, 0.2) is 127 Å². The lowest BCUT2D eigenvalue weighted by atomic mass is 10.0. The Balaban J connectivity index is 1.31. The number of phenolic OH excluding ortho intramolecular Hbond substituents is 2. The molecule has 0 unspecified atom stereocenters. The highest BCUT2D eigenvalue weighted by Crippen LogP contribution is 2.43. The zero-order valence-corrected chi connectivity index (χ0v) is 25.7. The summed E-state index contributed by atoms with van der Waals surface area (Å²) in [6.07, 6.45) is 0. The number of rotatable bonds is 7. The molecule has 0 bridgehead atoms. The lowest BCUT2D eigenvalue weighted by molar-refractivity contribution is 0.471. The molecule has 0 saturated heterocycles. The third-order valence-electron chi connectivity index (χ3n) is 7.22. The zero-order chi connectivity index (χ0) is 34.4. The molecule has 4 N–H and O–H groups in total. The molecule has 0 aliphatic carbocycles. The second kappa shape index (κ2) is 12.2. The van der Waals surface area contributed by atoms with Crippen LogP contribution in [0.4, 0.5) is 31.5 Å². The molecule has 12 nitrogen and oxygen atoms in total. The zero-order valence-electron chi connectivity index (χ0n) is 24.0. The molecule has 0 atom stereocenters. The van der Waals surface area contributed by atoms with Crippen molar-refractivity contribution in [1.29, 1.82) is 0 Å². The van der Waals surface area contributed by atoms with E-state index in [0.717, 1.165) is 24.3 Å². The smallest absolute Gasteiger partial charge is 0.296 e. The Morgan fingerprint density at radius 2 is 0.875 bits per heavy atom. The Morgan fingerprint density at radius 1 is 0.500 bits per heavy atom. The van der Waals surface area contributed by atoms with Gasteiger partial charge >= 0.3 is 0 Å². The van der Waals surface area contributed by atoms with Gasteiger partial charge in [-0.15, -0.1) is 20.5 Å². The summed E-state index contributed by atoms with van der Waals surface area (Å²) in [5, 5.41) is 37.2. The summed E-state index contributed by atoms with van der Waals surface area (Å²) >= 11 is 0. The first-order valence-electron chi connectivity index (χ1n) is 13.6. The Kier molecular flexibility index (Phi) is 8.18. The molecule has 0 radical (unpaired) electrons. The number of hydrogen-bond acceptors (Lipinski definition) is 10. The SMILES string of the molecule is O=S(=O)(O)c1cc2ccccc2c(O)c1/N=N/c1ccc(-c2ccc(/N=N/c3c(S(=O)(=O)O)cc4ccccc4c3O)c(F)c2)cc1F. The highest BCUT2D eigenvalue weighted by molar-refractivity contribution is 7.86. The first-order valence-corrected chi connectivity index (χ1v) is 16.5. The average molecular weight is 691 g/mol. The normalized spacial score (nSPS) is 12.5. The van der Waals surface area contributed by atoms with Crippen molar-refractivity contribution >= 4 is 64.5 Å². The maximum atomic E-state index is 15.1. The van der Waals surface area contributed by atoms with Crippen LogP contribution in [-0.4, -0.2) is 36.2 Å². The predicted octanol–water partition coefficient (Wildman–Crippen LogP) is 8.67. The maximum absolute atomic E-state index is 15.1. The quantitative estimate of drug-likeness (QED) is 0.0941. The van der Waals surface area contributed by atoms with Gasteiger partial charge in [-0.2, -0.15) is 16.8 Å². The van der Waals surface area contributed by atoms with Crippen molar-refractivity contribution in [2.24, 2.45) is 20.5 Å². The minimum absolute atomic E-state index is 0.182. The number of nitrogens with zero attached hydrogens (tertiary/aromatic N) is 4. The van der Waals surface area contributed by atoms with Crippen LogP contribution in [0, 0.1) is 11.6 Å². The van der Waals surface area contributed by atoms with Crippen LogP contribution in [0.1, 0.15) is 0 Å². The summed E-state index contributed by atoms with van der Waals surface area (Å²) in [5.74, 6) is -3.09. The van der Waals surface area contributed by atoms with Crippen molar-refractivity contribution in [3.8, 4) is 22.6 Å². The number of phenols is 2. The van der Waals surface area contributed by atoms with Gasteiger partial charge in [0, 0.05) is 10.8 Å². The van der Waals surface area contributed by atoms with Gasteiger partial charge in [-0.1, -0.05) is 60.7 Å². The van der Waals surface area contributed by atoms with E-state index in [1.165, 1.54) is 48.5 Å². The monoisotopic (exact) mass is 690 g/mol. The van der Waals surface area contributed by atoms with Gasteiger partial charge in [-0.3, -0.25) is 9.11 Å². The lowest BCUT2D eigenvalue weighted by Crippen LogP contribution is -1.99. The second-order valence-corrected chi connectivity index (χ2v) is 13.0. The highest BCUT2D eigenvalue weighted by Gasteiger charge is 2.23. The van der Waals surface area contributed by atoms with Crippen molar-refractivity contribution in [3.05, 3.63) is 109 Å². The summed E-state index contributed by atoms with van der Waals surface area (Å²) < 4.78 is 97.5. The largest absolute Gasteiger partial charge is 0.505 e. The Morgan fingerprint density at radius 3 is 1.23 bits per heavy atom. The number of hydrogen-bond donors (Lipinski definition) is 4. The van der Waals surface area contributed by atoms with Crippen LogP contribution in [0.2, 0.25) is 0 Å². The maximum Gasteiger partial charge on any atom is 0.296 e. The minimum atomic E-state index is -4.86. The average Bonchev–Trinajstić information content (AvgIpc) is 3.04. The summed E-state index contributed by atoms with van der Waals surface area (Å²) in [6, 6.07) is 21.6. The van der Waals surface area contributed by atoms with E-state index in [2.05, 4.69) is 20.5 Å². The van der Waals surface area contributed by atoms with Crippen LogP contribution in [0.3, 0.4) is 0 Å². The molecule has 0 saturated carbocycles. The molecule has 0 fully saturated rings. The minimum Gasteiger partial charge on any atom is -0.505 e. The Labute approximate surface area is 270 Å². The summed E-state index contributed by atoms with van der Waals surface area (Å²) in [6.45, 7) is 0. The number of fused-ring (bicyclic) bond motifs is 2. The van der Waals surface area contributed by atoms with Crippen molar-refractivity contribution in [2.75, 3.05) is 0 Å². The van der Waals surface area contributed by atoms with Crippen LogP contribution in [-0.2, 0) is 20.2 Å². The molecule has 6 aromatic rings. The second-order valence-electron chi connectivity index (χ2n) is 10.3. The number of aromatic hydroxyl groups is 2. The fourth-order valence-electron chi connectivity index (χ4n) is 4.91. The molecule has 0 heterocycles. The number of halogens is 2. The van der Waals surface area contributed by atoms with E-state index in [1.807, 2.05) is 0 Å². The van der Waals surface area contributed by atoms with Gasteiger partial charge in [0.15, 0.2) is 23.1 Å². The molecule has 0 spiro atoms. The topological polar surface area (TPSA) is 199 Å². The third-order valence-corrected chi connectivity index (χ3v) is 8.95. The summed E-state index contributed by atoms with van der Waals surface area (Å²) in [4.78, 5) is -1.48. The van der Waals surface area contributed by atoms with Crippen LogP contribution < -0.4 is 0 Å². The van der Waals surface area contributed by atoms with Crippen molar-refractivity contribution in [2.45, 2.75) is 9.79 Å². The van der Waals surface area contributed by atoms with Crippen LogP contribution in [0.5, 0.6) is 11.5 Å². The molecule has 0 aromatic heterocycles. The fraction of sp³-hybridized carbons (Fsp3) is 0. The Bertz CT molecular complexity index is 2400. The molecule has 0 amide bonds. The third kappa shape index (κ3) is 6.19. The fourth-order valence-corrected chi connectivity index (χ4v) is 6.23. The van der Waals surface area contributed by atoms with Crippen LogP contribution in [0.25, 0.3) is 32.7 Å². The Hall–Kier alpha value is -5.68. The van der Waals surface area contributed by atoms with Crippen molar-refractivity contribution in [3.63, 3.8) is 0 Å². The van der Waals surface area contributed by atoms with E-state index in [1.54, 1.807) is 24.3 Å². The molecule has 48 heavy (non-hydrogen) atoms. The van der Waals surface area contributed by atoms with E-state index >= 15 is 8.78 Å². The van der Waals surface area contributed by atoms with Crippen molar-refractivity contribution < 1.29 is 44.9 Å². The standard InChI is InChI=1S/C32H20F2N4O8S2/c33-23-13-17(9-11-25(23)35-37-29-27(47(41,42)43)15-19-5-1-3-7-21(19)31(29)39)18-10-12-26(24(34)14-18)36-38-30-28(48(44,45)46)16-20-6-2-4-8-22(20)32(30)40/h1-16,39-40H,(H,41,42,43)(H,44,45,46)/b37-35+,38-36+. The molecule has 0 aliphatic rings. The summed E-state index contributed by atoms with van der Waals surface area (Å²) in [5.41, 5.74) is -1.59. The molecule has 242 valence electrons. The number of azo groups is 2.